The Bertz CT molecular complexity index is 334. The standard InChI is InChI=1S/C10H19NO2S/c1-10(2)7-11(14(3,12)13)9-6-4-5-8(9)10/h8-9H,4-7H2,1-3H3. The average Bonchev–Trinajstić information content (AvgIpc) is 2.51. The number of rotatable bonds is 1. The zero-order valence-electron chi connectivity index (χ0n) is 9.16. The summed E-state index contributed by atoms with van der Waals surface area (Å²) < 4.78 is 24.9. The minimum Gasteiger partial charge on any atom is -0.212 e. The maximum absolute atomic E-state index is 11.6. The van der Waals surface area contributed by atoms with Gasteiger partial charge in [-0.2, -0.15) is 4.31 Å². The smallest absolute Gasteiger partial charge is 0.211 e. The van der Waals surface area contributed by atoms with Gasteiger partial charge in [0.1, 0.15) is 0 Å². The van der Waals surface area contributed by atoms with E-state index in [2.05, 4.69) is 13.8 Å². The van der Waals surface area contributed by atoms with Crippen molar-refractivity contribution in [3.63, 3.8) is 0 Å². The lowest BCUT2D eigenvalue weighted by Gasteiger charge is -2.23. The zero-order valence-corrected chi connectivity index (χ0v) is 9.97. The van der Waals surface area contributed by atoms with Crippen LogP contribution in [0.1, 0.15) is 33.1 Å². The van der Waals surface area contributed by atoms with E-state index in [4.69, 9.17) is 0 Å². The minimum atomic E-state index is -2.99. The Morgan fingerprint density at radius 2 is 1.93 bits per heavy atom. The van der Waals surface area contributed by atoms with Gasteiger partial charge in [0.2, 0.25) is 10.0 Å². The lowest BCUT2D eigenvalue weighted by Crippen LogP contribution is -2.35. The first-order valence-corrected chi connectivity index (χ1v) is 7.14. The van der Waals surface area contributed by atoms with Gasteiger partial charge in [0.05, 0.1) is 6.26 Å². The summed E-state index contributed by atoms with van der Waals surface area (Å²) in [7, 11) is -2.99. The molecule has 14 heavy (non-hydrogen) atoms. The molecule has 1 aliphatic carbocycles. The summed E-state index contributed by atoms with van der Waals surface area (Å²) in [4.78, 5) is 0. The van der Waals surface area contributed by atoms with Gasteiger partial charge in [-0.1, -0.05) is 20.3 Å². The highest BCUT2D eigenvalue weighted by Gasteiger charge is 2.51. The molecule has 0 aromatic heterocycles. The van der Waals surface area contributed by atoms with Crippen LogP contribution in [0.5, 0.6) is 0 Å². The Labute approximate surface area is 86.5 Å². The molecule has 82 valence electrons. The molecule has 2 rings (SSSR count). The topological polar surface area (TPSA) is 37.4 Å². The third kappa shape index (κ3) is 1.48. The highest BCUT2D eigenvalue weighted by molar-refractivity contribution is 7.88. The molecule has 1 saturated carbocycles. The fourth-order valence-electron chi connectivity index (χ4n) is 3.20. The van der Waals surface area contributed by atoms with Crippen LogP contribution in [0.4, 0.5) is 0 Å². The zero-order chi connectivity index (χ0) is 10.6. The molecule has 1 saturated heterocycles. The van der Waals surface area contributed by atoms with Crippen molar-refractivity contribution in [2.75, 3.05) is 12.8 Å². The van der Waals surface area contributed by atoms with Crippen molar-refractivity contribution >= 4 is 10.0 Å². The second-order valence-electron chi connectivity index (χ2n) is 5.40. The Hall–Kier alpha value is -0.0900. The molecule has 0 bridgehead atoms. The SMILES string of the molecule is CC1(C)CN(S(C)(=O)=O)C2CCCC21. The molecule has 4 heteroatoms. The van der Waals surface area contributed by atoms with E-state index in [1.807, 2.05) is 0 Å². The molecule has 0 spiro atoms. The van der Waals surface area contributed by atoms with Crippen LogP contribution in [-0.4, -0.2) is 31.6 Å². The lowest BCUT2D eigenvalue weighted by molar-refractivity contribution is 0.277. The Morgan fingerprint density at radius 3 is 2.50 bits per heavy atom. The highest BCUT2D eigenvalue weighted by atomic mass is 32.2. The predicted molar refractivity (Wildman–Crippen MR) is 56.5 cm³/mol. The van der Waals surface area contributed by atoms with Crippen molar-refractivity contribution in [1.29, 1.82) is 0 Å². The number of hydrogen-bond acceptors (Lipinski definition) is 2. The quantitative estimate of drug-likeness (QED) is 0.667. The molecule has 2 atom stereocenters. The average molecular weight is 217 g/mol. The second-order valence-corrected chi connectivity index (χ2v) is 7.34. The molecule has 2 aliphatic rings. The van der Waals surface area contributed by atoms with Crippen molar-refractivity contribution in [2.45, 2.75) is 39.2 Å². The van der Waals surface area contributed by atoms with Crippen molar-refractivity contribution in [3.05, 3.63) is 0 Å². The molecule has 0 radical (unpaired) electrons. The Morgan fingerprint density at radius 1 is 1.29 bits per heavy atom. The monoisotopic (exact) mass is 217 g/mol. The summed E-state index contributed by atoms with van der Waals surface area (Å²) in [6.07, 6.45) is 4.78. The van der Waals surface area contributed by atoms with Crippen LogP contribution in [0.15, 0.2) is 0 Å². The summed E-state index contributed by atoms with van der Waals surface area (Å²) >= 11 is 0. The van der Waals surface area contributed by atoms with Gasteiger partial charge < -0.3 is 0 Å². The van der Waals surface area contributed by atoms with Crippen molar-refractivity contribution in [1.82, 2.24) is 4.31 Å². The van der Waals surface area contributed by atoms with E-state index < -0.39 is 10.0 Å². The highest BCUT2D eigenvalue weighted by Crippen LogP contribution is 2.49. The Kier molecular flexibility index (Phi) is 2.20. The molecule has 0 aromatic rings. The fourth-order valence-corrected chi connectivity index (χ4v) is 4.51. The molecule has 2 unspecified atom stereocenters. The lowest BCUT2D eigenvalue weighted by atomic mass is 9.80. The van der Waals surface area contributed by atoms with Gasteiger partial charge in [0.15, 0.2) is 0 Å². The van der Waals surface area contributed by atoms with Gasteiger partial charge in [0, 0.05) is 12.6 Å². The van der Waals surface area contributed by atoms with Crippen LogP contribution in [0, 0.1) is 11.3 Å². The normalized spacial score (nSPS) is 37.4. The van der Waals surface area contributed by atoms with E-state index in [0.29, 0.717) is 18.5 Å². The number of sulfonamides is 1. The summed E-state index contributed by atoms with van der Waals surface area (Å²) in [5.41, 5.74) is 0.171. The van der Waals surface area contributed by atoms with E-state index in [0.717, 1.165) is 6.42 Å². The maximum atomic E-state index is 11.6. The van der Waals surface area contributed by atoms with Gasteiger partial charge >= 0.3 is 0 Å². The van der Waals surface area contributed by atoms with Crippen molar-refractivity contribution in [3.8, 4) is 0 Å². The van der Waals surface area contributed by atoms with E-state index >= 15 is 0 Å². The van der Waals surface area contributed by atoms with Crippen LogP contribution in [0.3, 0.4) is 0 Å². The molecule has 1 heterocycles. The van der Waals surface area contributed by atoms with Gasteiger partial charge in [-0.15, -0.1) is 0 Å². The van der Waals surface area contributed by atoms with Crippen molar-refractivity contribution < 1.29 is 8.42 Å². The summed E-state index contributed by atoms with van der Waals surface area (Å²) in [5.74, 6) is 0.581. The molecular weight excluding hydrogens is 198 g/mol. The predicted octanol–water partition coefficient (Wildman–Crippen LogP) is 1.46. The fraction of sp³-hybridized carbons (Fsp3) is 1.00. The molecule has 0 aromatic carbocycles. The van der Waals surface area contributed by atoms with Crippen LogP contribution < -0.4 is 0 Å². The molecule has 1 aliphatic heterocycles. The first kappa shape index (κ1) is 10.4. The first-order valence-electron chi connectivity index (χ1n) is 5.29. The number of nitrogens with zero attached hydrogens (tertiary/aromatic N) is 1. The summed E-state index contributed by atoms with van der Waals surface area (Å²) in [6, 6.07) is 0.292. The molecule has 2 fully saturated rings. The summed E-state index contributed by atoms with van der Waals surface area (Å²) in [6.45, 7) is 5.10. The molecule has 0 amide bonds. The molecule has 3 nitrogen and oxygen atoms in total. The van der Waals surface area contributed by atoms with E-state index in [1.165, 1.54) is 19.1 Å². The third-order valence-corrected chi connectivity index (χ3v) is 5.09. The van der Waals surface area contributed by atoms with Gasteiger partial charge in [-0.25, -0.2) is 8.42 Å². The van der Waals surface area contributed by atoms with Gasteiger partial charge in [-0.05, 0) is 24.2 Å². The first-order chi connectivity index (χ1) is 6.32. The van der Waals surface area contributed by atoms with Gasteiger partial charge in [0.25, 0.3) is 0 Å². The third-order valence-electron chi connectivity index (χ3n) is 3.84. The summed E-state index contributed by atoms with van der Waals surface area (Å²) in [5, 5.41) is 0. The van der Waals surface area contributed by atoms with Crippen LogP contribution in [-0.2, 0) is 10.0 Å². The number of fused-ring (bicyclic) bond motifs is 1. The van der Waals surface area contributed by atoms with Crippen molar-refractivity contribution in [2.24, 2.45) is 11.3 Å². The van der Waals surface area contributed by atoms with E-state index in [1.54, 1.807) is 4.31 Å². The molecular formula is C10H19NO2S. The van der Waals surface area contributed by atoms with Crippen LogP contribution in [0.25, 0.3) is 0 Å². The largest absolute Gasteiger partial charge is 0.212 e. The second kappa shape index (κ2) is 2.95. The number of hydrogen-bond donors (Lipinski definition) is 0. The van der Waals surface area contributed by atoms with Crippen LogP contribution in [0.2, 0.25) is 0 Å². The van der Waals surface area contributed by atoms with Crippen LogP contribution >= 0.6 is 0 Å². The minimum absolute atomic E-state index is 0.171. The molecule has 0 N–H and O–H groups in total. The van der Waals surface area contributed by atoms with Gasteiger partial charge in [-0.3, -0.25) is 0 Å². The maximum Gasteiger partial charge on any atom is 0.211 e. The Balaban J connectivity index is 2.32. The van der Waals surface area contributed by atoms with E-state index in [9.17, 15) is 8.42 Å². The van der Waals surface area contributed by atoms with E-state index in [-0.39, 0.29) is 5.41 Å².